The van der Waals surface area contributed by atoms with Crippen LogP contribution in [0.4, 0.5) is 21.6 Å². The van der Waals surface area contributed by atoms with Crippen molar-refractivity contribution in [2.45, 2.75) is 13.0 Å². The molecule has 1 heterocycles. The van der Waals surface area contributed by atoms with Crippen molar-refractivity contribution < 1.29 is 9.18 Å². The Morgan fingerprint density at radius 2 is 2.15 bits per heavy atom. The van der Waals surface area contributed by atoms with Gasteiger partial charge in [0.2, 0.25) is 5.91 Å². The predicted octanol–water partition coefficient (Wildman–Crippen LogP) is 1.64. The van der Waals surface area contributed by atoms with Gasteiger partial charge in [-0.15, -0.1) is 0 Å². The Morgan fingerprint density at radius 3 is 2.80 bits per heavy atom. The number of nitrogens with one attached hydrogen (secondary N) is 2. The van der Waals surface area contributed by atoms with Crippen LogP contribution in [0.15, 0.2) is 36.8 Å². The molecule has 0 aliphatic carbocycles. The summed E-state index contributed by atoms with van der Waals surface area (Å²) in [6.07, 6.45) is 4.51. The smallest absolute Gasteiger partial charge is 0.241 e. The Hall–Kier alpha value is -2.54. The van der Waals surface area contributed by atoms with Crippen molar-refractivity contribution in [1.82, 2.24) is 9.97 Å². The molecule has 1 amide bonds. The minimum Gasteiger partial charge on any atom is -0.337 e. The Labute approximate surface area is 115 Å². The first-order valence-corrected chi connectivity index (χ1v) is 5.95. The molecule has 1 aromatic carbocycles. The summed E-state index contributed by atoms with van der Waals surface area (Å²) >= 11 is 0. The molecule has 1 aromatic heterocycles. The highest BCUT2D eigenvalue weighted by atomic mass is 19.1. The number of halogens is 1. The first kappa shape index (κ1) is 13.9. The van der Waals surface area contributed by atoms with Crippen LogP contribution in [0.5, 0.6) is 0 Å². The Balaban J connectivity index is 2.26. The molecule has 2 rings (SSSR count). The first-order valence-electron chi connectivity index (χ1n) is 5.95. The molecule has 0 saturated carbocycles. The summed E-state index contributed by atoms with van der Waals surface area (Å²) in [5.41, 5.74) is 6.28. The molecule has 0 bridgehead atoms. The van der Waals surface area contributed by atoms with Crippen molar-refractivity contribution in [3.63, 3.8) is 0 Å². The average Bonchev–Trinajstić information content (AvgIpc) is 2.42. The molecule has 0 fully saturated rings. The van der Waals surface area contributed by atoms with Gasteiger partial charge in [0.25, 0.3) is 0 Å². The van der Waals surface area contributed by atoms with Crippen molar-refractivity contribution in [1.29, 1.82) is 0 Å². The van der Waals surface area contributed by atoms with E-state index in [2.05, 4.69) is 20.6 Å². The maximum absolute atomic E-state index is 13.3. The van der Waals surface area contributed by atoms with Gasteiger partial charge in [-0.05, 0) is 25.1 Å². The molecular formula is C13H14FN5O. The van der Waals surface area contributed by atoms with Crippen LogP contribution in [0.1, 0.15) is 6.92 Å². The van der Waals surface area contributed by atoms with Crippen LogP contribution in [-0.2, 0) is 4.79 Å². The lowest BCUT2D eigenvalue weighted by Crippen LogP contribution is -2.32. The van der Waals surface area contributed by atoms with Gasteiger partial charge in [-0.25, -0.2) is 9.37 Å². The Morgan fingerprint density at radius 1 is 1.35 bits per heavy atom. The van der Waals surface area contributed by atoms with Crippen molar-refractivity contribution in [2.24, 2.45) is 5.73 Å². The van der Waals surface area contributed by atoms with Crippen molar-refractivity contribution in [2.75, 3.05) is 10.6 Å². The number of hydrogen-bond donors (Lipinski definition) is 3. The van der Waals surface area contributed by atoms with Crippen LogP contribution in [0.25, 0.3) is 0 Å². The van der Waals surface area contributed by atoms with Gasteiger partial charge in [0.1, 0.15) is 11.6 Å². The highest BCUT2D eigenvalue weighted by Gasteiger charge is 2.11. The van der Waals surface area contributed by atoms with E-state index in [1.807, 2.05) is 0 Å². The number of anilines is 3. The summed E-state index contributed by atoms with van der Waals surface area (Å²) in [7, 11) is 0. The second kappa shape index (κ2) is 6.07. The number of nitrogens with two attached hydrogens (primary N) is 1. The molecule has 0 aliphatic heterocycles. The quantitative estimate of drug-likeness (QED) is 0.788. The molecule has 7 heteroatoms. The van der Waals surface area contributed by atoms with E-state index in [1.54, 1.807) is 6.92 Å². The van der Waals surface area contributed by atoms with Crippen molar-refractivity contribution >= 4 is 23.1 Å². The predicted molar refractivity (Wildman–Crippen MR) is 74.0 cm³/mol. The lowest BCUT2D eigenvalue weighted by molar-refractivity contribution is -0.117. The third-order valence-corrected chi connectivity index (χ3v) is 2.48. The second-order valence-corrected chi connectivity index (χ2v) is 4.18. The highest BCUT2D eigenvalue weighted by Crippen LogP contribution is 2.25. The molecule has 1 unspecified atom stereocenters. The Bertz CT molecular complexity index is 603. The number of amides is 1. The zero-order chi connectivity index (χ0) is 14.5. The lowest BCUT2D eigenvalue weighted by Gasteiger charge is -2.13. The number of carbonyl (C=O) groups is 1. The van der Waals surface area contributed by atoms with E-state index >= 15 is 0 Å². The number of benzene rings is 1. The van der Waals surface area contributed by atoms with Gasteiger partial charge in [0.05, 0.1) is 23.6 Å². The van der Waals surface area contributed by atoms with Gasteiger partial charge < -0.3 is 16.4 Å². The van der Waals surface area contributed by atoms with Crippen LogP contribution in [0.2, 0.25) is 0 Å². The third-order valence-electron chi connectivity index (χ3n) is 2.48. The summed E-state index contributed by atoms with van der Waals surface area (Å²) < 4.78 is 13.3. The van der Waals surface area contributed by atoms with Crippen LogP contribution in [0, 0.1) is 5.82 Å². The molecule has 0 spiro atoms. The summed E-state index contributed by atoms with van der Waals surface area (Å²) in [4.78, 5) is 19.5. The number of hydrogen-bond acceptors (Lipinski definition) is 5. The molecule has 4 N–H and O–H groups in total. The van der Waals surface area contributed by atoms with E-state index in [1.165, 1.54) is 36.8 Å². The Kier molecular flexibility index (Phi) is 4.21. The molecule has 0 saturated heterocycles. The topological polar surface area (TPSA) is 92.9 Å². The van der Waals surface area contributed by atoms with Gasteiger partial charge in [-0.1, -0.05) is 0 Å². The lowest BCUT2D eigenvalue weighted by atomic mass is 10.2. The minimum absolute atomic E-state index is 0.362. The zero-order valence-corrected chi connectivity index (χ0v) is 10.8. The summed E-state index contributed by atoms with van der Waals surface area (Å²) in [5.74, 6) is -0.358. The van der Waals surface area contributed by atoms with Gasteiger partial charge >= 0.3 is 0 Å². The van der Waals surface area contributed by atoms with E-state index in [0.717, 1.165) is 0 Å². The highest BCUT2D eigenvalue weighted by molar-refractivity contribution is 5.97. The van der Waals surface area contributed by atoms with Crippen molar-refractivity contribution in [3.8, 4) is 0 Å². The van der Waals surface area contributed by atoms with Gasteiger partial charge in [0.15, 0.2) is 0 Å². The normalized spacial score (nSPS) is 11.8. The average molecular weight is 275 g/mol. The molecule has 6 nitrogen and oxygen atoms in total. The molecular weight excluding hydrogens is 261 g/mol. The first-order chi connectivity index (χ1) is 9.56. The monoisotopic (exact) mass is 275 g/mol. The summed E-state index contributed by atoms with van der Waals surface area (Å²) in [5, 5.41) is 5.50. The number of carbonyl (C=O) groups excluding carboxylic acids is 1. The third kappa shape index (κ3) is 3.48. The summed E-state index contributed by atoms with van der Waals surface area (Å²) in [6.45, 7) is 1.56. The molecule has 104 valence electrons. The van der Waals surface area contributed by atoms with Crippen molar-refractivity contribution in [3.05, 3.63) is 42.6 Å². The molecule has 20 heavy (non-hydrogen) atoms. The fraction of sp³-hybridized carbons (Fsp3) is 0.154. The fourth-order valence-corrected chi connectivity index (χ4v) is 1.48. The molecule has 0 radical (unpaired) electrons. The van der Waals surface area contributed by atoms with E-state index in [0.29, 0.717) is 17.2 Å². The van der Waals surface area contributed by atoms with E-state index in [-0.39, 0.29) is 5.91 Å². The standard InChI is InChI=1S/C13H14FN5O/c1-8(15)13(20)19-10-3-2-9(14)6-11(10)18-12-7-16-4-5-17-12/h2-8H,15H2,1H3,(H,17,18)(H,19,20). The number of nitrogens with zero attached hydrogens (tertiary/aromatic N) is 2. The maximum atomic E-state index is 13.3. The van der Waals surface area contributed by atoms with E-state index in [9.17, 15) is 9.18 Å². The second-order valence-electron chi connectivity index (χ2n) is 4.18. The number of aromatic nitrogens is 2. The van der Waals surface area contributed by atoms with Gasteiger partial charge in [0, 0.05) is 12.4 Å². The minimum atomic E-state index is -0.663. The molecule has 0 aliphatic rings. The fourth-order valence-electron chi connectivity index (χ4n) is 1.48. The zero-order valence-electron chi connectivity index (χ0n) is 10.8. The van der Waals surface area contributed by atoms with Crippen LogP contribution >= 0.6 is 0 Å². The van der Waals surface area contributed by atoms with Crippen LogP contribution < -0.4 is 16.4 Å². The van der Waals surface area contributed by atoms with Gasteiger partial charge in [-0.2, -0.15) is 0 Å². The molecule has 1 atom stereocenters. The van der Waals surface area contributed by atoms with E-state index < -0.39 is 11.9 Å². The largest absolute Gasteiger partial charge is 0.337 e. The molecule has 2 aromatic rings. The summed E-state index contributed by atoms with van der Waals surface area (Å²) in [6, 6.07) is 3.29. The SMILES string of the molecule is CC(N)C(=O)Nc1ccc(F)cc1Nc1cnccn1. The van der Waals surface area contributed by atoms with E-state index in [4.69, 9.17) is 5.73 Å². The number of rotatable bonds is 4. The van der Waals surface area contributed by atoms with Crippen LogP contribution in [-0.4, -0.2) is 21.9 Å². The van der Waals surface area contributed by atoms with Crippen LogP contribution in [0.3, 0.4) is 0 Å². The maximum Gasteiger partial charge on any atom is 0.241 e. The van der Waals surface area contributed by atoms with Gasteiger partial charge in [-0.3, -0.25) is 9.78 Å².